The number of hydrogen-bond acceptors (Lipinski definition) is 3. The summed E-state index contributed by atoms with van der Waals surface area (Å²) < 4.78 is 7.50. The van der Waals surface area contributed by atoms with Crippen molar-refractivity contribution in [3.8, 4) is 11.4 Å². The zero-order valence-corrected chi connectivity index (χ0v) is 17.7. The molecule has 4 heteroatoms. The molecule has 0 aliphatic heterocycles. The summed E-state index contributed by atoms with van der Waals surface area (Å²) in [5.41, 5.74) is 4.16. The predicted molar refractivity (Wildman–Crippen MR) is 114 cm³/mol. The van der Waals surface area contributed by atoms with E-state index in [1.807, 2.05) is 49.6 Å². The number of hydrogen-bond donors (Lipinski definition) is 0. The number of esters is 1. The molecule has 148 valence electrons. The summed E-state index contributed by atoms with van der Waals surface area (Å²) in [6, 6.07) is 15.9. The van der Waals surface area contributed by atoms with Crippen LogP contribution in [0.1, 0.15) is 53.1 Å². The maximum Gasteiger partial charge on any atom is 0.328 e. The monoisotopic (exact) mass is 378 g/mol. The van der Waals surface area contributed by atoms with Gasteiger partial charge in [0.1, 0.15) is 11.9 Å². The molecule has 2 aromatic carbocycles. The Balaban J connectivity index is 2.05. The molecule has 0 N–H and O–H groups in total. The topological polar surface area (TPSA) is 44.1 Å². The number of para-hydroxylation sites is 2. The van der Waals surface area contributed by atoms with Crippen LogP contribution in [0.25, 0.3) is 22.4 Å². The van der Waals surface area contributed by atoms with Crippen molar-refractivity contribution in [3.63, 3.8) is 0 Å². The molecule has 1 aromatic heterocycles. The van der Waals surface area contributed by atoms with Gasteiger partial charge in [0.15, 0.2) is 0 Å². The third-order valence-electron chi connectivity index (χ3n) is 4.89. The van der Waals surface area contributed by atoms with Gasteiger partial charge in [0, 0.05) is 5.56 Å². The van der Waals surface area contributed by atoms with Gasteiger partial charge in [-0.15, -0.1) is 0 Å². The van der Waals surface area contributed by atoms with Crippen LogP contribution in [-0.4, -0.2) is 22.1 Å². The van der Waals surface area contributed by atoms with E-state index in [9.17, 15) is 4.79 Å². The summed E-state index contributed by atoms with van der Waals surface area (Å²) in [5.74, 6) is 0.861. The number of carbonyl (C=O) groups is 1. The molecule has 3 aromatic rings. The number of fused-ring (bicyclic) bond motifs is 1. The number of aromatic nitrogens is 2. The van der Waals surface area contributed by atoms with Crippen LogP contribution in [0.2, 0.25) is 0 Å². The third kappa shape index (κ3) is 4.11. The average Bonchev–Trinajstić information content (AvgIpc) is 3.04. The SMILES string of the molecule is CC(C)COC(=O)C(C)n1c(-c2ccc(C(C)(C)C)cc2)nc2ccccc21. The molecular formula is C24H30N2O2. The van der Waals surface area contributed by atoms with Crippen LogP contribution < -0.4 is 0 Å². The fourth-order valence-corrected chi connectivity index (χ4v) is 3.23. The second-order valence-electron chi connectivity index (χ2n) is 8.82. The first-order chi connectivity index (χ1) is 13.2. The zero-order chi connectivity index (χ0) is 20.5. The Hall–Kier alpha value is -2.62. The van der Waals surface area contributed by atoms with Gasteiger partial charge in [-0.1, -0.05) is 71.0 Å². The van der Waals surface area contributed by atoms with Crippen LogP contribution >= 0.6 is 0 Å². The van der Waals surface area contributed by atoms with Crippen molar-refractivity contribution in [1.82, 2.24) is 9.55 Å². The van der Waals surface area contributed by atoms with Crippen molar-refractivity contribution < 1.29 is 9.53 Å². The second-order valence-corrected chi connectivity index (χ2v) is 8.82. The highest BCUT2D eigenvalue weighted by molar-refractivity contribution is 5.84. The maximum atomic E-state index is 12.7. The van der Waals surface area contributed by atoms with E-state index in [4.69, 9.17) is 9.72 Å². The standard InChI is InChI=1S/C24H30N2O2/c1-16(2)15-28-23(27)17(3)26-21-10-8-7-9-20(21)25-22(26)18-11-13-19(14-12-18)24(4,5)6/h7-14,16-17H,15H2,1-6H3. The average molecular weight is 379 g/mol. The number of benzene rings is 2. The molecule has 1 atom stereocenters. The molecule has 28 heavy (non-hydrogen) atoms. The van der Waals surface area contributed by atoms with E-state index in [2.05, 4.69) is 45.0 Å². The molecule has 1 unspecified atom stereocenters. The molecule has 4 nitrogen and oxygen atoms in total. The normalized spacial score (nSPS) is 13.1. The molecular weight excluding hydrogens is 348 g/mol. The molecule has 0 saturated heterocycles. The highest BCUT2D eigenvalue weighted by Crippen LogP contribution is 2.31. The van der Waals surface area contributed by atoms with Crippen molar-refractivity contribution in [2.24, 2.45) is 5.92 Å². The van der Waals surface area contributed by atoms with Crippen molar-refractivity contribution >= 4 is 17.0 Å². The minimum absolute atomic E-state index is 0.0899. The maximum absolute atomic E-state index is 12.7. The summed E-state index contributed by atoms with van der Waals surface area (Å²) in [6.07, 6.45) is 0. The number of nitrogens with zero attached hydrogens (tertiary/aromatic N) is 2. The molecule has 0 aliphatic carbocycles. The number of ether oxygens (including phenoxy) is 1. The van der Waals surface area contributed by atoms with Gasteiger partial charge < -0.3 is 9.30 Å². The first kappa shape index (κ1) is 20.1. The summed E-state index contributed by atoms with van der Waals surface area (Å²) in [7, 11) is 0. The number of carbonyl (C=O) groups excluding carboxylic acids is 1. The van der Waals surface area contributed by atoms with Gasteiger partial charge in [-0.25, -0.2) is 9.78 Å². The molecule has 0 fully saturated rings. The smallest absolute Gasteiger partial charge is 0.328 e. The van der Waals surface area contributed by atoms with Gasteiger partial charge in [0.2, 0.25) is 0 Å². The van der Waals surface area contributed by atoms with E-state index >= 15 is 0 Å². The lowest BCUT2D eigenvalue weighted by atomic mass is 9.86. The van der Waals surface area contributed by atoms with Crippen LogP contribution in [0.4, 0.5) is 0 Å². The van der Waals surface area contributed by atoms with Crippen LogP contribution in [0, 0.1) is 5.92 Å². The van der Waals surface area contributed by atoms with Crippen molar-refractivity contribution in [1.29, 1.82) is 0 Å². The Morgan fingerprint density at radius 1 is 1.04 bits per heavy atom. The Bertz CT molecular complexity index is 962. The molecule has 0 spiro atoms. The minimum Gasteiger partial charge on any atom is -0.464 e. The van der Waals surface area contributed by atoms with Crippen molar-refractivity contribution in [2.45, 2.75) is 53.0 Å². The quantitative estimate of drug-likeness (QED) is 0.530. The lowest BCUT2D eigenvalue weighted by molar-refractivity contribution is -0.148. The first-order valence-corrected chi connectivity index (χ1v) is 9.93. The summed E-state index contributed by atoms with van der Waals surface area (Å²) in [6.45, 7) is 13.0. The summed E-state index contributed by atoms with van der Waals surface area (Å²) in [5, 5.41) is 0. The molecule has 1 heterocycles. The van der Waals surface area contributed by atoms with Gasteiger partial charge in [-0.05, 0) is 36.0 Å². The van der Waals surface area contributed by atoms with Crippen LogP contribution in [0.15, 0.2) is 48.5 Å². The van der Waals surface area contributed by atoms with Gasteiger partial charge in [0.25, 0.3) is 0 Å². The van der Waals surface area contributed by atoms with Gasteiger partial charge in [0.05, 0.1) is 17.6 Å². The Morgan fingerprint density at radius 3 is 2.29 bits per heavy atom. The summed E-state index contributed by atoms with van der Waals surface area (Å²) >= 11 is 0. The fourth-order valence-electron chi connectivity index (χ4n) is 3.23. The molecule has 0 bridgehead atoms. The zero-order valence-electron chi connectivity index (χ0n) is 17.7. The minimum atomic E-state index is -0.455. The Kier molecular flexibility index (Phi) is 5.59. The number of imidazole rings is 1. The molecule has 0 aliphatic rings. The Morgan fingerprint density at radius 2 is 1.68 bits per heavy atom. The highest BCUT2D eigenvalue weighted by Gasteiger charge is 2.24. The fraction of sp³-hybridized carbons (Fsp3) is 0.417. The van der Waals surface area contributed by atoms with Crippen LogP contribution in [0.3, 0.4) is 0 Å². The molecule has 0 amide bonds. The summed E-state index contributed by atoms with van der Waals surface area (Å²) in [4.78, 5) is 17.5. The van der Waals surface area contributed by atoms with Gasteiger partial charge >= 0.3 is 5.97 Å². The molecule has 3 rings (SSSR count). The molecule has 0 radical (unpaired) electrons. The molecule has 0 saturated carbocycles. The van der Waals surface area contributed by atoms with Crippen molar-refractivity contribution in [2.75, 3.05) is 6.61 Å². The van der Waals surface area contributed by atoms with E-state index in [0.717, 1.165) is 22.4 Å². The lowest BCUT2D eigenvalue weighted by Gasteiger charge is -2.20. The van der Waals surface area contributed by atoms with Crippen LogP contribution in [0.5, 0.6) is 0 Å². The van der Waals surface area contributed by atoms with Crippen molar-refractivity contribution in [3.05, 3.63) is 54.1 Å². The van der Waals surface area contributed by atoms with E-state index in [1.165, 1.54) is 5.56 Å². The van der Waals surface area contributed by atoms with E-state index in [-0.39, 0.29) is 11.4 Å². The third-order valence-corrected chi connectivity index (χ3v) is 4.89. The second kappa shape index (κ2) is 7.78. The first-order valence-electron chi connectivity index (χ1n) is 9.93. The Labute approximate surface area is 167 Å². The van der Waals surface area contributed by atoms with Gasteiger partial charge in [-0.2, -0.15) is 0 Å². The van der Waals surface area contributed by atoms with E-state index < -0.39 is 6.04 Å². The largest absolute Gasteiger partial charge is 0.464 e. The van der Waals surface area contributed by atoms with E-state index in [0.29, 0.717) is 12.5 Å². The van der Waals surface area contributed by atoms with Crippen LogP contribution in [-0.2, 0) is 14.9 Å². The highest BCUT2D eigenvalue weighted by atomic mass is 16.5. The lowest BCUT2D eigenvalue weighted by Crippen LogP contribution is -2.21. The number of rotatable bonds is 5. The van der Waals surface area contributed by atoms with Gasteiger partial charge in [-0.3, -0.25) is 0 Å². The van der Waals surface area contributed by atoms with E-state index in [1.54, 1.807) is 0 Å². The predicted octanol–water partition coefficient (Wildman–Crippen LogP) is 5.76.